The first-order valence-electron chi connectivity index (χ1n) is 7.32. The largest absolute Gasteiger partial charge is 0.330 e. The van der Waals surface area contributed by atoms with Gasteiger partial charge in [-0.2, -0.15) is 0 Å². The molecule has 5 nitrogen and oxygen atoms in total. The van der Waals surface area contributed by atoms with E-state index in [2.05, 4.69) is 33.7 Å². The number of aromatic nitrogens is 1. The number of thiazole rings is 1. The minimum Gasteiger partial charge on any atom is -0.330 e. The zero-order chi connectivity index (χ0) is 15.8. The number of hydrogen-bond donors (Lipinski definition) is 2. The maximum Gasteiger partial charge on any atom is 0.224 e. The predicted molar refractivity (Wildman–Crippen MR) is 90.6 cm³/mol. The van der Waals surface area contributed by atoms with Gasteiger partial charge in [-0.05, 0) is 37.7 Å². The van der Waals surface area contributed by atoms with Crippen LogP contribution in [-0.4, -0.2) is 29.4 Å². The number of nitrogens with zero attached hydrogens (tertiary/aromatic N) is 2. The van der Waals surface area contributed by atoms with Crippen molar-refractivity contribution in [3.63, 3.8) is 0 Å². The first-order valence-corrected chi connectivity index (χ1v) is 8.26. The van der Waals surface area contributed by atoms with Crippen molar-refractivity contribution in [1.82, 2.24) is 9.88 Å². The zero-order valence-corrected chi connectivity index (χ0v) is 13.6. The van der Waals surface area contributed by atoms with E-state index in [9.17, 15) is 4.79 Å². The molecule has 6 heteroatoms. The lowest BCUT2D eigenvalue weighted by Gasteiger charge is -2.16. The second-order valence-electron chi connectivity index (χ2n) is 5.29. The van der Waals surface area contributed by atoms with Crippen LogP contribution in [0, 0.1) is 0 Å². The van der Waals surface area contributed by atoms with Gasteiger partial charge in [-0.1, -0.05) is 12.1 Å². The Morgan fingerprint density at radius 3 is 3.00 bits per heavy atom. The lowest BCUT2D eigenvalue weighted by molar-refractivity contribution is -0.116. The van der Waals surface area contributed by atoms with Gasteiger partial charge in [0.05, 0.1) is 11.2 Å². The summed E-state index contributed by atoms with van der Waals surface area (Å²) in [5, 5.41) is 4.97. The number of amides is 1. The van der Waals surface area contributed by atoms with E-state index in [0.717, 1.165) is 30.0 Å². The van der Waals surface area contributed by atoms with Gasteiger partial charge in [0.1, 0.15) is 0 Å². The Morgan fingerprint density at radius 1 is 1.41 bits per heavy atom. The number of nitrogens with two attached hydrogens (primary N) is 1. The number of carbonyl (C=O) groups excluding carboxylic acids is 1. The van der Waals surface area contributed by atoms with Gasteiger partial charge < -0.3 is 11.1 Å². The third-order valence-corrected chi connectivity index (χ3v) is 3.82. The summed E-state index contributed by atoms with van der Waals surface area (Å²) in [5.41, 5.74) is 10.3. The molecule has 0 saturated heterocycles. The molecule has 0 bridgehead atoms. The molecule has 0 radical (unpaired) electrons. The Kier molecular flexibility index (Phi) is 6.51. The molecule has 2 aromatic rings. The molecule has 0 atom stereocenters. The molecule has 1 heterocycles. The molecule has 1 aromatic carbocycles. The first-order chi connectivity index (χ1) is 10.7. The van der Waals surface area contributed by atoms with Crippen LogP contribution in [0.1, 0.15) is 24.1 Å². The van der Waals surface area contributed by atoms with Crippen LogP contribution in [0.15, 0.2) is 35.2 Å². The highest BCUT2D eigenvalue weighted by atomic mass is 32.1. The Balaban J connectivity index is 1.89. The fraction of sp³-hybridized carbons (Fsp3) is 0.375. The summed E-state index contributed by atoms with van der Waals surface area (Å²) in [6, 6.07) is 7.94. The van der Waals surface area contributed by atoms with E-state index in [1.807, 2.05) is 23.7 Å². The minimum atomic E-state index is 0.0124. The van der Waals surface area contributed by atoms with E-state index in [0.29, 0.717) is 19.4 Å². The van der Waals surface area contributed by atoms with E-state index < -0.39 is 0 Å². The van der Waals surface area contributed by atoms with Crippen molar-refractivity contribution in [3.8, 4) is 0 Å². The Morgan fingerprint density at radius 2 is 2.27 bits per heavy atom. The highest BCUT2D eigenvalue weighted by Crippen LogP contribution is 2.14. The van der Waals surface area contributed by atoms with E-state index in [-0.39, 0.29) is 5.91 Å². The van der Waals surface area contributed by atoms with Gasteiger partial charge in [-0.25, -0.2) is 4.98 Å². The summed E-state index contributed by atoms with van der Waals surface area (Å²) in [5.74, 6) is 0.0124. The number of rotatable bonds is 8. The number of nitrogens with one attached hydrogen (secondary N) is 1. The molecule has 0 saturated carbocycles. The smallest absolute Gasteiger partial charge is 0.224 e. The van der Waals surface area contributed by atoms with Crippen LogP contribution < -0.4 is 11.1 Å². The molecule has 0 fully saturated rings. The van der Waals surface area contributed by atoms with Gasteiger partial charge in [0, 0.05) is 30.6 Å². The summed E-state index contributed by atoms with van der Waals surface area (Å²) >= 11 is 1.61. The lowest BCUT2D eigenvalue weighted by Crippen LogP contribution is -2.18. The summed E-state index contributed by atoms with van der Waals surface area (Å²) in [7, 11) is 2.06. The highest BCUT2D eigenvalue weighted by Gasteiger charge is 2.06. The van der Waals surface area contributed by atoms with Crippen LogP contribution in [0.2, 0.25) is 0 Å². The van der Waals surface area contributed by atoms with Gasteiger partial charge >= 0.3 is 0 Å². The van der Waals surface area contributed by atoms with E-state index >= 15 is 0 Å². The fourth-order valence-electron chi connectivity index (χ4n) is 2.19. The molecule has 0 aliphatic rings. The van der Waals surface area contributed by atoms with E-state index in [1.165, 1.54) is 0 Å². The minimum absolute atomic E-state index is 0.0124. The number of carbonyl (C=O) groups is 1. The average molecular weight is 318 g/mol. The number of anilines is 1. The van der Waals surface area contributed by atoms with Gasteiger partial charge in [-0.15, -0.1) is 11.3 Å². The summed E-state index contributed by atoms with van der Waals surface area (Å²) < 4.78 is 0. The molecular weight excluding hydrogens is 296 g/mol. The molecule has 0 spiro atoms. The predicted octanol–water partition coefficient (Wildman–Crippen LogP) is 2.45. The van der Waals surface area contributed by atoms with Crippen molar-refractivity contribution in [2.75, 3.05) is 18.9 Å². The third-order valence-electron chi connectivity index (χ3n) is 3.19. The number of benzene rings is 1. The zero-order valence-electron chi connectivity index (χ0n) is 12.8. The fourth-order valence-corrected chi connectivity index (χ4v) is 2.74. The van der Waals surface area contributed by atoms with Crippen LogP contribution >= 0.6 is 11.3 Å². The van der Waals surface area contributed by atoms with Crippen molar-refractivity contribution < 1.29 is 4.79 Å². The highest BCUT2D eigenvalue weighted by molar-refractivity contribution is 7.07. The second kappa shape index (κ2) is 8.63. The van der Waals surface area contributed by atoms with Gasteiger partial charge in [0.2, 0.25) is 5.91 Å². The van der Waals surface area contributed by atoms with E-state index in [4.69, 9.17) is 5.73 Å². The van der Waals surface area contributed by atoms with Gasteiger partial charge in [0.25, 0.3) is 0 Å². The SMILES string of the molecule is CN(Cc1cccc(NC(=O)CCCN)c1)Cc1cscn1. The molecule has 118 valence electrons. The molecule has 0 unspecified atom stereocenters. The standard InChI is InChI=1S/C16H22N4OS/c1-20(10-15-11-22-12-18-15)9-13-4-2-5-14(8-13)19-16(21)6-3-7-17/h2,4-5,8,11-12H,3,6-7,9-10,17H2,1H3,(H,19,21). The van der Waals surface area contributed by atoms with Crippen molar-refractivity contribution >= 4 is 22.9 Å². The quantitative estimate of drug-likeness (QED) is 0.784. The van der Waals surface area contributed by atoms with Crippen LogP contribution in [-0.2, 0) is 17.9 Å². The van der Waals surface area contributed by atoms with Crippen LogP contribution in [0.3, 0.4) is 0 Å². The molecule has 1 aromatic heterocycles. The topological polar surface area (TPSA) is 71.2 Å². The maximum absolute atomic E-state index is 11.7. The Bertz CT molecular complexity index is 586. The monoisotopic (exact) mass is 318 g/mol. The van der Waals surface area contributed by atoms with Crippen molar-refractivity contribution in [2.24, 2.45) is 5.73 Å². The first kappa shape index (κ1) is 16.6. The third kappa shape index (κ3) is 5.55. The normalized spacial score (nSPS) is 10.9. The molecule has 22 heavy (non-hydrogen) atoms. The van der Waals surface area contributed by atoms with Crippen molar-refractivity contribution in [1.29, 1.82) is 0 Å². The van der Waals surface area contributed by atoms with Gasteiger partial charge in [-0.3, -0.25) is 9.69 Å². The summed E-state index contributed by atoms with van der Waals surface area (Å²) in [4.78, 5) is 18.2. The summed E-state index contributed by atoms with van der Waals surface area (Å²) in [6.45, 7) is 2.16. The molecule has 0 aliphatic carbocycles. The molecule has 2 rings (SSSR count). The van der Waals surface area contributed by atoms with Crippen LogP contribution in [0.25, 0.3) is 0 Å². The molecular formula is C16H22N4OS. The van der Waals surface area contributed by atoms with Crippen molar-refractivity contribution in [2.45, 2.75) is 25.9 Å². The lowest BCUT2D eigenvalue weighted by atomic mass is 10.2. The Labute approximate surface area is 135 Å². The van der Waals surface area contributed by atoms with Gasteiger partial charge in [0.15, 0.2) is 0 Å². The van der Waals surface area contributed by atoms with Crippen molar-refractivity contribution in [3.05, 3.63) is 46.4 Å². The van der Waals surface area contributed by atoms with Crippen LogP contribution in [0.5, 0.6) is 0 Å². The van der Waals surface area contributed by atoms with E-state index in [1.54, 1.807) is 11.3 Å². The molecule has 1 amide bonds. The molecule has 3 N–H and O–H groups in total. The number of hydrogen-bond acceptors (Lipinski definition) is 5. The average Bonchev–Trinajstić information content (AvgIpc) is 2.98. The summed E-state index contributed by atoms with van der Waals surface area (Å²) in [6.07, 6.45) is 1.17. The second-order valence-corrected chi connectivity index (χ2v) is 6.01. The Hall–Kier alpha value is -1.76. The van der Waals surface area contributed by atoms with Crippen LogP contribution in [0.4, 0.5) is 5.69 Å². The maximum atomic E-state index is 11.7. The molecule has 0 aliphatic heterocycles.